The summed E-state index contributed by atoms with van der Waals surface area (Å²) in [4.78, 5) is 22.4. The number of benzene rings is 1. The molecule has 1 aromatic carbocycles. The molecule has 6 nitrogen and oxygen atoms in total. The molecule has 2 aliphatic rings. The van der Waals surface area contributed by atoms with Crippen molar-refractivity contribution in [2.75, 3.05) is 19.7 Å². The molecule has 0 bridgehead atoms. The van der Waals surface area contributed by atoms with Gasteiger partial charge in [0.25, 0.3) is 5.91 Å². The number of hydrogen-bond acceptors (Lipinski definition) is 5. The second-order valence-corrected chi connectivity index (χ2v) is 6.71. The molecule has 2 saturated heterocycles. The van der Waals surface area contributed by atoms with Gasteiger partial charge in [-0.15, -0.1) is 0 Å². The monoisotopic (exact) mass is 339 g/mol. The van der Waals surface area contributed by atoms with Crippen molar-refractivity contribution in [1.29, 1.82) is 0 Å². The predicted molar refractivity (Wildman–Crippen MR) is 91.3 cm³/mol. The van der Waals surface area contributed by atoms with Crippen LogP contribution in [0.25, 0.3) is 0 Å². The van der Waals surface area contributed by atoms with Crippen molar-refractivity contribution < 1.29 is 14.3 Å². The zero-order valence-electron chi connectivity index (χ0n) is 14.0. The van der Waals surface area contributed by atoms with Gasteiger partial charge < -0.3 is 14.4 Å². The molecule has 0 saturated carbocycles. The van der Waals surface area contributed by atoms with Gasteiger partial charge in [-0.05, 0) is 25.0 Å². The standard InChI is InChI=1S/C19H21N3O3/c23-18(15-10-20-14-21-11-15)22-8-4-7-19(13-22)9-17(12-24-19)25-16-5-2-1-3-6-16/h1-3,5-6,10-11,14,17H,4,7-9,12-13H2/t17-,19-/m1/s1. The summed E-state index contributed by atoms with van der Waals surface area (Å²) in [5.41, 5.74) is 0.220. The van der Waals surface area contributed by atoms with Crippen LogP contribution in [0.1, 0.15) is 29.6 Å². The van der Waals surface area contributed by atoms with Gasteiger partial charge in [-0.3, -0.25) is 4.79 Å². The lowest BCUT2D eigenvalue weighted by Gasteiger charge is -2.39. The van der Waals surface area contributed by atoms with Gasteiger partial charge in [0.15, 0.2) is 0 Å². The van der Waals surface area contributed by atoms with Crippen LogP contribution in [0, 0.1) is 0 Å². The third kappa shape index (κ3) is 3.49. The van der Waals surface area contributed by atoms with Gasteiger partial charge in [-0.1, -0.05) is 18.2 Å². The number of likely N-dealkylation sites (tertiary alicyclic amines) is 1. The van der Waals surface area contributed by atoms with Crippen molar-refractivity contribution in [2.24, 2.45) is 0 Å². The minimum atomic E-state index is -0.303. The molecule has 2 fully saturated rings. The molecule has 25 heavy (non-hydrogen) atoms. The number of rotatable bonds is 3. The van der Waals surface area contributed by atoms with Crippen LogP contribution in [-0.4, -0.2) is 52.2 Å². The Morgan fingerprint density at radius 2 is 2.04 bits per heavy atom. The van der Waals surface area contributed by atoms with E-state index in [4.69, 9.17) is 9.47 Å². The maximum Gasteiger partial charge on any atom is 0.257 e. The van der Waals surface area contributed by atoms with E-state index in [1.165, 1.54) is 6.33 Å². The third-order valence-corrected chi connectivity index (χ3v) is 4.86. The molecule has 0 N–H and O–H groups in total. The van der Waals surface area contributed by atoms with E-state index >= 15 is 0 Å². The van der Waals surface area contributed by atoms with E-state index in [1.807, 2.05) is 35.2 Å². The van der Waals surface area contributed by atoms with E-state index in [2.05, 4.69) is 9.97 Å². The summed E-state index contributed by atoms with van der Waals surface area (Å²) in [6.45, 7) is 1.89. The van der Waals surface area contributed by atoms with Crippen molar-refractivity contribution >= 4 is 5.91 Å². The number of ether oxygens (including phenoxy) is 2. The quantitative estimate of drug-likeness (QED) is 0.859. The molecule has 1 spiro atoms. The maximum atomic E-state index is 12.7. The van der Waals surface area contributed by atoms with Crippen LogP contribution in [-0.2, 0) is 4.74 Å². The van der Waals surface area contributed by atoms with Crippen molar-refractivity contribution in [3.05, 3.63) is 54.6 Å². The molecule has 1 amide bonds. The van der Waals surface area contributed by atoms with Gasteiger partial charge in [-0.2, -0.15) is 0 Å². The molecule has 0 aliphatic carbocycles. The van der Waals surface area contributed by atoms with E-state index in [0.717, 1.165) is 31.6 Å². The molecule has 3 heterocycles. The number of carbonyl (C=O) groups excluding carboxylic acids is 1. The van der Waals surface area contributed by atoms with E-state index in [-0.39, 0.29) is 17.6 Å². The number of piperidine rings is 1. The highest BCUT2D eigenvalue weighted by atomic mass is 16.6. The normalized spacial score (nSPS) is 25.9. The summed E-state index contributed by atoms with van der Waals surface area (Å²) in [7, 11) is 0. The first-order chi connectivity index (χ1) is 12.2. The van der Waals surface area contributed by atoms with Crippen molar-refractivity contribution in [1.82, 2.24) is 14.9 Å². The SMILES string of the molecule is O=C(c1cncnc1)N1CCC[C@@]2(C[C@@H](Oc3ccccc3)CO2)C1. The fourth-order valence-electron chi connectivity index (χ4n) is 3.72. The number of aromatic nitrogens is 2. The van der Waals surface area contributed by atoms with Crippen molar-refractivity contribution in [3.8, 4) is 5.75 Å². The summed E-state index contributed by atoms with van der Waals surface area (Å²) >= 11 is 0. The molecular weight excluding hydrogens is 318 g/mol. The molecule has 2 aromatic rings. The average Bonchev–Trinajstić information content (AvgIpc) is 3.04. The highest BCUT2D eigenvalue weighted by Crippen LogP contribution is 2.36. The Hall–Kier alpha value is -2.47. The lowest BCUT2D eigenvalue weighted by atomic mass is 9.89. The van der Waals surface area contributed by atoms with Crippen molar-refractivity contribution in [2.45, 2.75) is 31.0 Å². The second kappa shape index (κ2) is 6.80. The van der Waals surface area contributed by atoms with E-state index in [1.54, 1.807) is 12.4 Å². The number of carbonyl (C=O) groups is 1. The first kappa shape index (κ1) is 16.0. The second-order valence-electron chi connectivity index (χ2n) is 6.71. The lowest BCUT2D eigenvalue weighted by Crippen LogP contribution is -2.50. The van der Waals surface area contributed by atoms with Gasteiger partial charge in [0.05, 0.1) is 24.3 Å². The van der Waals surface area contributed by atoms with Gasteiger partial charge in [-0.25, -0.2) is 9.97 Å². The summed E-state index contributed by atoms with van der Waals surface area (Å²) < 4.78 is 12.2. The number of amides is 1. The highest BCUT2D eigenvalue weighted by Gasteiger charge is 2.45. The molecule has 130 valence electrons. The summed E-state index contributed by atoms with van der Waals surface area (Å²) in [6, 6.07) is 9.80. The summed E-state index contributed by atoms with van der Waals surface area (Å²) in [5, 5.41) is 0. The highest BCUT2D eigenvalue weighted by molar-refractivity contribution is 5.93. The summed E-state index contributed by atoms with van der Waals surface area (Å²) in [5.74, 6) is 0.828. The number of para-hydroxylation sites is 1. The molecule has 4 rings (SSSR count). The molecule has 2 atom stereocenters. The first-order valence-electron chi connectivity index (χ1n) is 8.64. The van der Waals surface area contributed by atoms with Crippen LogP contribution in [0.2, 0.25) is 0 Å². The van der Waals surface area contributed by atoms with E-state index < -0.39 is 0 Å². The van der Waals surface area contributed by atoms with Crippen molar-refractivity contribution in [3.63, 3.8) is 0 Å². The molecule has 1 aromatic heterocycles. The van der Waals surface area contributed by atoms with E-state index in [0.29, 0.717) is 18.7 Å². The smallest absolute Gasteiger partial charge is 0.257 e. The van der Waals surface area contributed by atoms with Crippen LogP contribution < -0.4 is 4.74 Å². The van der Waals surface area contributed by atoms with Crippen LogP contribution in [0.5, 0.6) is 5.75 Å². The fraction of sp³-hybridized carbons (Fsp3) is 0.421. The molecule has 0 radical (unpaired) electrons. The number of nitrogens with zero attached hydrogens (tertiary/aromatic N) is 3. The molecular formula is C19H21N3O3. The Morgan fingerprint density at radius 1 is 1.24 bits per heavy atom. The van der Waals surface area contributed by atoms with Gasteiger partial charge >= 0.3 is 0 Å². The van der Waals surface area contributed by atoms with Crippen LogP contribution in [0.15, 0.2) is 49.1 Å². The van der Waals surface area contributed by atoms with Gasteiger partial charge in [0.2, 0.25) is 0 Å². The predicted octanol–water partition coefficient (Wildman–Crippen LogP) is 2.32. The zero-order valence-corrected chi connectivity index (χ0v) is 14.0. The first-order valence-corrected chi connectivity index (χ1v) is 8.64. The molecule has 6 heteroatoms. The minimum Gasteiger partial charge on any atom is -0.488 e. The molecule has 0 unspecified atom stereocenters. The Balaban J connectivity index is 1.42. The summed E-state index contributed by atoms with van der Waals surface area (Å²) in [6.07, 6.45) is 7.27. The number of hydrogen-bond donors (Lipinski definition) is 0. The van der Waals surface area contributed by atoms with Gasteiger partial charge in [0.1, 0.15) is 18.2 Å². The van der Waals surface area contributed by atoms with Crippen LogP contribution >= 0.6 is 0 Å². The topological polar surface area (TPSA) is 64.6 Å². The third-order valence-electron chi connectivity index (χ3n) is 4.86. The maximum absolute atomic E-state index is 12.7. The van der Waals surface area contributed by atoms with Crippen LogP contribution in [0.4, 0.5) is 0 Å². The lowest BCUT2D eigenvalue weighted by molar-refractivity contribution is -0.0453. The van der Waals surface area contributed by atoms with E-state index in [9.17, 15) is 4.79 Å². The molecule has 2 aliphatic heterocycles. The largest absolute Gasteiger partial charge is 0.488 e. The van der Waals surface area contributed by atoms with Gasteiger partial charge in [0, 0.05) is 25.4 Å². The Labute approximate surface area is 146 Å². The fourth-order valence-corrected chi connectivity index (χ4v) is 3.72. The Morgan fingerprint density at radius 3 is 2.84 bits per heavy atom. The Kier molecular flexibility index (Phi) is 4.36. The van der Waals surface area contributed by atoms with Crippen LogP contribution in [0.3, 0.4) is 0 Å². The zero-order chi connectivity index (χ0) is 17.1. The Bertz CT molecular complexity index is 725. The minimum absolute atomic E-state index is 0.0255. The average molecular weight is 339 g/mol.